The average molecular weight is 447 g/mol. The van der Waals surface area contributed by atoms with Gasteiger partial charge in [-0.3, -0.25) is 9.59 Å². The van der Waals surface area contributed by atoms with E-state index in [4.69, 9.17) is 9.47 Å². The van der Waals surface area contributed by atoms with Gasteiger partial charge in [0.2, 0.25) is 0 Å². The molecule has 2 aromatic rings. The number of amides is 2. The zero-order valence-corrected chi connectivity index (χ0v) is 17.0. The predicted molar refractivity (Wildman–Crippen MR) is 110 cm³/mol. The Morgan fingerprint density at radius 1 is 0.964 bits per heavy atom. The molecule has 148 valence electrons. The van der Waals surface area contributed by atoms with Gasteiger partial charge in [0, 0.05) is 35.3 Å². The second kappa shape index (κ2) is 10.2. The number of benzene rings is 2. The Bertz CT molecular complexity index is 787. The lowest BCUT2D eigenvalue weighted by Gasteiger charge is -2.12. The van der Waals surface area contributed by atoms with E-state index in [9.17, 15) is 9.59 Å². The summed E-state index contributed by atoms with van der Waals surface area (Å²) in [6, 6.07) is 14.1. The third-order valence-corrected chi connectivity index (χ3v) is 4.91. The Hall–Kier alpha value is -2.38. The van der Waals surface area contributed by atoms with E-state index in [1.54, 1.807) is 36.4 Å². The first-order valence-corrected chi connectivity index (χ1v) is 10.1. The summed E-state index contributed by atoms with van der Waals surface area (Å²) in [7, 11) is 0. The maximum atomic E-state index is 12.2. The first-order chi connectivity index (χ1) is 13.6. The van der Waals surface area contributed by atoms with Crippen LogP contribution in [0, 0.1) is 0 Å². The molecule has 0 saturated carbocycles. The normalized spacial score (nSPS) is 15.8. The Kier molecular flexibility index (Phi) is 7.45. The molecule has 0 radical (unpaired) electrons. The topological polar surface area (TPSA) is 76.7 Å². The molecule has 6 nitrogen and oxygen atoms in total. The van der Waals surface area contributed by atoms with E-state index in [0.29, 0.717) is 36.6 Å². The zero-order valence-electron chi connectivity index (χ0n) is 15.4. The molecule has 1 aliphatic heterocycles. The monoisotopic (exact) mass is 446 g/mol. The fourth-order valence-corrected chi connectivity index (χ4v) is 3.09. The molecule has 0 aromatic heterocycles. The number of halogens is 1. The van der Waals surface area contributed by atoms with Crippen LogP contribution in [0.2, 0.25) is 0 Å². The minimum atomic E-state index is -0.191. The molecule has 1 fully saturated rings. The summed E-state index contributed by atoms with van der Waals surface area (Å²) in [5, 5.41) is 5.57. The van der Waals surface area contributed by atoms with Gasteiger partial charge in [-0.1, -0.05) is 15.9 Å². The van der Waals surface area contributed by atoms with Crippen LogP contribution in [0.25, 0.3) is 0 Å². The van der Waals surface area contributed by atoms with Crippen LogP contribution >= 0.6 is 15.9 Å². The van der Waals surface area contributed by atoms with E-state index in [0.717, 1.165) is 23.9 Å². The smallest absolute Gasteiger partial charge is 0.251 e. The second-order valence-corrected chi connectivity index (χ2v) is 7.40. The highest BCUT2D eigenvalue weighted by Crippen LogP contribution is 2.16. The van der Waals surface area contributed by atoms with Crippen molar-refractivity contribution in [1.82, 2.24) is 10.6 Å². The summed E-state index contributed by atoms with van der Waals surface area (Å²) in [4.78, 5) is 24.2. The van der Waals surface area contributed by atoms with Crippen molar-refractivity contribution in [2.24, 2.45) is 0 Å². The molecule has 1 atom stereocenters. The fourth-order valence-electron chi connectivity index (χ4n) is 2.82. The van der Waals surface area contributed by atoms with Gasteiger partial charge < -0.3 is 20.1 Å². The third kappa shape index (κ3) is 6.07. The molecule has 3 rings (SSSR count). The minimum Gasteiger partial charge on any atom is -0.491 e. The number of hydrogen-bond acceptors (Lipinski definition) is 4. The van der Waals surface area contributed by atoms with Crippen LogP contribution in [0.1, 0.15) is 33.6 Å². The van der Waals surface area contributed by atoms with Crippen LogP contribution in [-0.2, 0) is 4.74 Å². The zero-order chi connectivity index (χ0) is 19.8. The van der Waals surface area contributed by atoms with Crippen molar-refractivity contribution < 1.29 is 19.1 Å². The summed E-state index contributed by atoms with van der Waals surface area (Å²) in [6.07, 6.45) is 2.27. The van der Waals surface area contributed by atoms with Crippen molar-refractivity contribution in [3.63, 3.8) is 0 Å². The molecule has 2 N–H and O–H groups in total. The summed E-state index contributed by atoms with van der Waals surface area (Å²) >= 11 is 3.33. The number of rotatable bonds is 8. The summed E-state index contributed by atoms with van der Waals surface area (Å²) in [6.45, 7) is 2.03. The Labute approximate surface area is 172 Å². The van der Waals surface area contributed by atoms with Crippen molar-refractivity contribution >= 4 is 27.7 Å². The van der Waals surface area contributed by atoms with Gasteiger partial charge in [0.05, 0.1) is 6.10 Å². The Morgan fingerprint density at radius 3 is 2.07 bits per heavy atom. The van der Waals surface area contributed by atoms with Gasteiger partial charge in [0.25, 0.3) is 11.8 Å². The van der Waals surface area contributed by atoms with Crippen molar-refractivity contribution in [3.05, 3.63) is 64.1 Å². The molecule has 2 aromatic carbocycles. The molecule has 28 heavy (non-hydrogen) atoms. The van der Waals surface area contributed by atoms with E-state index in [1.165, 1.54) is 0 Å². The van der Waals surface area contributed by atoms with Crippen molar-refractivity contribution in [2.45, 2.75) is 18.9 Å². The summed E-state index contributed by atoms with van der Waals surface area (Å²) in [5.74, 6) is 0.354. The van der Waals surface area contributed by atoms with Crippen molar-refractivity contribution in [1.29, 1.82) is 0 Å². The van der Waals surface area contributed by atoms with Crippen LogP contribution in [0.15, 0.2) is 53.0 Å². The molecule has 0 bridgehead atoms. The maximum Gasteiger partial charge on any atom is 0.251 e. The van der Waals surface area contributed by atoms with Crippen LogP contribution < -0.4 is 15.4 Å². The standard InChI is InChI=1S/C21H23BrN2O4/c22-17-7-3-15(4-8-17)20(25)23-11-12-24-21(26)16-5-9-18(10-6-16)28-14-19-2-1-13-27-19/h3-10,19H,1-2,11-14H2,(H,23,25)(H,24,26)/t19-/m1/s1. The third-order valence-electron chi connectivity index (χ3n) is 4.38. The molecule has 7 heteroatoms. The van der Waals surface area contributed by atoms with Gasteiger partial charge in [-0.15, -0.1) is 0 Å². The van der Waals surface area contributed by atoms with E-state index in [-0.39, 0.29) is 17.9 Å². The van der Waals surface area contributed by atoms with Gasteiger partial charge >= 0.3 is 0 Å². The van der Waals surface area contributed by atoms with Gasteiger partial charge in [-0.05, 0) is 61.4 Å². The number of ether oxygens (including phenoxy) is 2. The molecule has 2 amide bonds. The number of nitrogens with one attached hydrogen (secondary N) is 2. The lowest BCUT2D eigenvalue weighted by molar-refractivity contribution is 0.0679. The molecule has 1 aliphatic rings. The quantitative estimate of drug-likeness (QED) is 0.610. The van der Waals surface area contributed by atoms with E-state index in [1.807, 2.05) is 12.1 Å². The van der Waals surface area contributed by atoms with E-state index in [2.05, 4.69) is 26.6 Å². The molecule has 0 spiro atoms. The van der Waals surface area contributed by atoms with Crippen LogP contribution in [0.3, 0.4) is 0 Å². The fraction of sp³-hybridized carbons (Fsp3) is 0.333. The SMILES string of the molecule is O=C(NCCNC(=O)c1ccc(OC[C@H]2CCCO2)cc1)c1ccc(Br)cc1. The van der Waals surface area contributed by atoms with E-state index >= 15 is 0 Å². The lowest BCUT2D eigenvalue weighted by atomic mass is 10.2. The summed E-state index contributed by atoms with van der Waals surface area (Å²) in [5.41, 5.74) is 1.12. The largest absolute Gasteiger partial charge is 0.491 e. The van der Waals surface area contributed by atoms with Gasteiger partial charge in [0.15, 0.2) is 0 Å². The average Bonchev–Trinajstić information content (AvgIpc) is 3.24. The minimum absolute atomic E-state index is 0.163. The van der Waals surface area contributed by atoms with Gasteiger partial charge in [-0.2, -0.15) is 0 Å². The number of carbonyl (C=O) groups is 2. The predicted octanol–water partition coefficient (Wildman–Crippen LogP) is 3.17. The first kappa shape index (κ1) is 20.4. The van der Waals surface area contributed by atoms with Crippen LogP contribution in [0.4, 0.5) is 0 Å². The first-order valence-electron chi connectivity index (χ1n) is 9.28. The molecule has 1 heterocycles. The second-order valence-electron chi connectivity index (χ2n) is 6.49. The van der Waals surface area contributed by atoms with Crippen LogP contribution in [-0.4, -0.2) is 44.2 Å². The van der Waals surface area contributed by atoms with Crippen molar-refractivity contribution in [3.8, 4) is 5.75 Å². The Morgan fingerprint density at radius 2 is 1.54 bits per heavy atom. The molecular formula is C21H23BrN2O4. The number of carbonyl (C=O) groups excluding carboxylic acids is 2. The maximum absolute atomic E-state index is 12.2. The van der Waals surface area contributed by atoms with E-state index < -0.39 is 0 Å². The summed E-state index contributed by atoms with van der Waals surface area (Å²) < 4.78 is 12.1. The van der Waals surface area contributed by atoms with Gasteiger partial charge in [-0.25, -0.2) is 0 Å². The van der Waals surface area contributed by atoms with Crippen molar-refractivity contribution in [2.75, 3.05) is 26.3 Å². The highest BCUT2D eigenvalue weighted by molar-refractivity contribution is 9.10. The highest BCUT2D eigenvalue weighted by atomic mass is 79.9. The highest BCUT2D eigenvalue weighted by Gasteiger charge is 2.16. The number of hydrogen-bond donors (Lipinski definition) is 2. The molecule has 0 aliphatic carbocycles. The molecule has 0 unspecified atom stereocenters. The Balaban J connectivity index is 1.37. The lowest BCUT2D eigenvalue weighted by Crippen LogP contribution is -2.34. The molecular weight excluding hydrogens is 424 g/mol. The molecule has 1 saturated heterocycles. The van der Waals surface area contributed by atoms with Gasteiger partial charge in [0.1, 0.15) is 12.4 Å². The van der Waals surface area contributed by atoms with Crippen LogP contribution in [0.5, 0.6) is 5.75 Å².